The lowest BCUT2D eigenvalue weighted by Gasteiger charge is -2.09. The molecule has 0 aromatic carbocycles. The molecule has 0 aliphatic carbocycles. The van der Waals surface area contributed by atoms with Crippen LogP contribution in [0.2, 0.25) is 0 Å². The number of hydrogen-bond donors (Lipinski definition) is 2. The van der Waals surface area contributed by atoms with Crippen LogP contribution in [0.1, 0.15) is 17.4 Å². The van der Waals surface area contributed by atoms with E-state index in [2.05, 4.69) is 20.9 Å². The summed E-state index contributed by atoms with van der Waals surface area (Å²) in [6.07, 6.45) is 1.90. The Kier molecular flexibility index (Phi) is 2.77. The van der Waals surface area contributed by atoms with Crippen LogP contribution in [0.25, 0.3) is 5.65 Å². The summed E-state index contributed by atoms with van der Waals surface area (Å²) < 4.78 is 2.86. The van der Waals surface area contributed by atoms with Gasteiger partial charge in [0, 0.05) is 10.7 Å². The quantitative estimate of drug-likeness (QED) is 0.867. The second-order valence-corrected chi connectivity index (χ2v) is 4.36. The molecule has 0 saturated carbocycles. The van der Waals surface area contributed by atoms with E-state index < -0.39 is 6.04 Å². The van der Waals surface area contributed by atoms with Gasteiger partial charge in [0.25, 0.3) is 0 Å². The average Bonchev–Trinajstić information content (AvgIpc) is 2.52. The summed E-state index contributed by atoms with van der Waals surface area (Å²) in [4.78, 5) is 4.37. The van der Waals surface area contributed by atoms with E-state index in [0.29, 0.717) is 0 Å². The largest absolute Gasteiger partial charge is 0.394 e. The Morgan fingerprint density at radius 2 is 2.33 bits per heavy atom. The first-order valence-corrected chi connectivity index (χ1v) is 5.43. The fourth-order valence-electron chi connectivity index (χ4n) is 1.69. The van der Waals surface area contributed by atoms with Crippen LogP contribution in [-0.4, -0.2) is 21.1 Å². The second kappa shape index (κ2) is 3.92. The van der Waals surface area contributed by atoms with Crippen LogP contribution in [0.15, 0.2) is 22.8 Å². The first-order valence-electron chi connectivity index (χ1n) is 4.64. The second-order valence-electron chi connectivity index (χ2n) is 3.45. The number of aliphatic hydroxyl groups is 1. The molecule has 0 radical (unpaired) electrons. The predicted molar refractivity (Wildman–Crippen MR) is 61.6 cm³/mol. The molecular weight excluding hydrogens is 258 g/mol. The molecule has 15 heavy (non-hydrogen) atoms. The molecule has 3 N–H and O–H groups in total. The molecule has 2 aromatic rings. The highest BCUT2D eigenvalue weighted by molar-refractivity contribution is 9.10. The highest BCUT2D eigenvalue weighted by Crippen LogP contribution is 2.20. The molecule has 1 unspecified atom stereocenters. The number of halogens is 1. The smallest absolute Gasteiger partial charge is 0.137 e. The highest BCUT2D eigenvalue weighted by Gasteiger charge is 2.14. The summed E-state index contributed by atoms with van der Waals surface area (Å²) in [5.74, 6) is 0. The summed E-state index contributed by atoms with van der Waals surface area (Å²) >= 11 is 3.39. The Morgan fingerprint density at radius 3 is 3.00 bits per heavy atom. The van der Waals surface area contributed by atoms with Crippen LogP contribution in [0.5, 0.6) is 0 Å². The summed E-state index contributed by atoms with van der Waals surface area (Å²) in [5, 5.41) is 9.08. The monoisotopic (exact) mass is 269 g/mol. The zero-order valence-electron chi connectivity index (χ0n) is 8.31. The average molecular weight is 270 g/mol. The molecule has 1 atom stereocenters. The van der Waals surface area contributed by atoms with Crippen LogP contribution in [-0.2, 0) is 0 Å². The number of aromatic nitrogens is 2. The molecule has 4 nitrogen and oxygen atoms in total. The Bertz CT molecular complexity index is 495. The van der Waals surface area contributed by atoms with Crippen molar-refractivity contribution in [2.45, 2.75) is 13.0 Å². The third kappa shape index (κ3) is 1.78. The normalized spacial score (nSPS) is 13.3. The van der Waals surface area contributed by atoms with Gasteiger partial charge in [0.1, 0.15) is 5.65 Å². The van der Waals surface area contributed by atoms with E-state index in [9.17, 15) is 0 Å². The molecular formula is C10H12BrN3O. The number of fused-ring (bicyclic) bond motifs is 1. The maximum absolute atomic E-state index is 9.08. The lowest BCUT2D eigenvalue weighted by molar-refractivity contribution is 0.265. The van der Waals surface area contributed by atoms with Gasteiger partial charge in [-0.25, -0.2) is 4.98 Å². The van der Waals surface area contributed by atoms with Gasteiger partial charge in [-0.3, -0.25) is 0 Å². The number of nitrogens with zero attached hydrogens (tertiary/aromatic N) is 2. The van der Waals surface area contributed by atoms with Gasteiger partial charge in [-0.1, -0.05) is 0 Å². The molecule has 0 bridgehead atoms. The Morgan fingerprint density at radius 1 is 1.60 bits per heavy atom. The van der Waals surface area contributed by atoms with Gasteiger partial charge in [0.15, 0.2) is 0 Å². The van der Waals surface area contributed by atoms with Gasteiger partial charge in [-0.15, -0.1) is 0 Å². The minimum atomic E-state index is -0.394. The molecule has 0 aliphatic rings. The first kappa shape index (κ1) is 10.6. The molecule has 80 valence electrons. The van der Waals surface area contributed by atoms with Crippen LogP contribution in [0.4, 0.5) is 0 Å². The van der Waals surface area contributed by atoms with Gasteiger partial charge in [0.2, 0.25) is 0 Å². The van der Waals surface area contributed by atoms with Gasteiger partial charge in [0.05, 0.1) is 24.0 Å². The first-order chi connectivity index (χ1) is 7.13. The van der Waals surface area contributed by atoms with E-state index in [-0.39, 0.29) is 6.61 Å². The summed E-state index contributed by atoms with van der Waals surface area (Å²) in [5.41, 5.74) is 8.38. The molecule has 5 heteroatoms. The van der Waals surface area contributed by atoms with Crippen LogP contribution >= 0.6 is 15.9 Å². The van der Waals surface area contributed by atoms with Crippen molar-refractivity contribution in [2.24, 2.45) is 5.73 Å². The van der Waals surface area contributed by atoms with Gasteiger partial charge < -0.3 is 15.2 Å². The minimum Gasteiger partial charge on any atom is -0.394 e. The fourth-order valence-corrected chi connectivity index (χ4v) is 2.02. The van der Waals surface area contributed by atoms with Crippen molar-refractivity contribution in [3.8, 4) is 0 Å². The molecule has 2 aromatic heterocycles. The zero-order chi connectivity index (χ0) is 11.0. The fraction of sp³-hybridized carbons (Fsp3) is 0.300. The number of imidazole rings is 1. The van der Waals surface area contributed by atoms with Gasteiger partial charge >= 0.3 is 0 Å². The highest BCUT2D eigenvalue weighted by atomic mass is 79.9. The topological polar surface area (TPSA) is 63.5 Å². The third-order valence-electron chi connectivity index (χ3n) is 2.35. The Balaban J connectivity index is 2.70. The molecule has 0 amide bonds. The molecule has 2 rings (SSSR count). The van der Waals surface area contributed by atoms with Crippen molar-refractivity contribution >= 4 is 21.6 Å². The Hall–Kier alpha value is -0.910. The SMILES string of the molecule is Cc1nc2ccc(Br)cn2c1C(N)CO. The van der Waals surface area contributed by atoms with Crippen molar-refractivity contribution in [2.75, 3.05) is 6.61 Å². The van der Waals surface area contributed by atoms with Crippen molar-refractivity contribution in [1.29, 1.82) is 0 Å². The lowest BCUT2D eigenvalue weighted by atomic mass is 10.2. The summed E-state index contributed by atoms with van der Waals surface area (Å²) in [6, 6.07) is 3.44. The van der Waals surface area contributed by atoms with Crippen molar-refractivity contribution < 1.29 is 5.11 Å². The number of pyridine rings is 1. The number of aliphatic hydroxyl groups excluding tert-OH is 1. The maximum Gasteiger partial charge on any atom is 0.137 e. The van der Waals surface area contributed by atoms with Gasteiger partial charge in [-0.05, 0) is 35.0 Å². The molecule has 0 fully saturated rings. The standard InChI is InChI=1S/C10H12BrN3O/c1-6-10(8(12)5-15)14-4-7(11)2-3-9(14)13-6/h2-4,8,15H,5,12H2,1H3. The van der Waals surface area contributed by atoms with E-state index in [1.54, 1.807) is 0 Å². The number of hydrogen-bond acceptors (Lipinski definition) is 3. The Labute approximate surface area is 95.9 Å². The van der Waals surface area contributed by atoms with E-state index in [0.717, 1.165) is 21.5 Å². The number of rotatable bonds is 2. The van der Waals surface area contributed by atoms with Crippen LogP contribution in [0, 0.1) is 6.92 Å². The third-order valence-corrected chi connectivity index (χ3v) is 2.82. The van der Waals surface area contributed by atoms with Crippen molar-refractivity contribution in [3.05, 3.63) is 34.2 Å². The van der Waals surface area contributed by atoms with E-state index in [1.165, 1.54) is 0 Å². The summed E-state index contributed by atoms with van der Waals surface area (Å²) in [6.45, 7) is 1.81. The maximum atomic E-state index is 9.08. The minimum absolute atomic E-state index is 0.0822. The predicted octanol–water partition coefficient (Wildman–Crippen LogP) is 1.40. The zero-order valence-corrected chi connectivity index (χ0v) is 9.90. The van der Waals surface area contributed by atoms with Gasteiger partial charge in [-0.2, -0.15) is 0 Å². The molecule has 0 spiro atoms. The van der Waals surface area contributed by atoms with E-state index >= 15 is 0 Å². The van der Waals surface area contributed by atoms with Crippen molar-refractivity contribution in [3.63, 3.8) is 0 Å². The number of nitrogens with two attached hydrogens (primary N) is 1. The molecule has 0 saturated heterocycles. The van der Waals surface area contributed by atoms with Crippen molar-refractivity contribution in [1.82, 2.24) is 9.38 Å². The van der Waals surface area contributed by atoms with Crippen LogP contribution < -0.4 is 5.73 Å². The molecule has 2 heterocycles. The molecule has 0 aliphatic heterocycles. The van der Waals surface area contributed by atoms with E-state index in [1.807, 2.05) is 29.7 Å². The lowest BCUT2D eigenvalue weighted by Crippen LogP contribution is -2.17. The van der Waals surface area contributed by atoms with Crippen LogP contribution in [0.3, 0.4) is 0 Å². The number of aryl methyl sites for hydroxylation is 1. The van der Waals surface area contributed by atoms with E-state index in [4.69, 9.17) is 10.8 Å². The summed E-state index contributed by atoms with van der Waals surface area (Å²) in [7, 11) is 0.